The molecule has 0 aliphatic heterocycles. The monoisotopic (exact) mass is 1140 g/mol. The van der Waals surface area contributed by atoms with Crippen LogP contribution in [0.4, 0.5) is 0 Å². The van der Waals surface area contributed by atoms with Gasteiger partial charge in [-0.15, -0.1) is 0 Å². The van der Waals surface area contributed by atoms with Crippen molar-refractivity contribution in [3.05, 3.63) is 85.1 Å². The molecule has 0 saturated carbocycles. The highest BCUT2D eigenvalue weighted by molar-refractivity contribution is 5.71. The Morgan fingerprint density at radius 2 is 0.439 bits per heavy atom. The number of allylic oxidation sites excluding steroid dienone is 14. The molecule has 0 heterocycles. The number of carbonyl (C=O) groups is 3. The van der Waals surface area contributed by atoms with Crippen LogP contribution >= 0.6 is 0 Å². The van der Waals surface area contributed by atoms with Gasteiger partial charge in [-0.05, 0) is 122 Å². The number of esters is 3. The van der Waals surface area contributed by atoms with Gasteiger partial charge >= 0.3 is 17.9 Å². The molecule has 0 amide bonds. The number of ether oxygens (including phenoxy) is 3. The Labute approximate surface area is 509 Å². The summed E-state index contributed by atoms with van der Waals surface area (Å²) in [6, 6.07) is 0. The first-order chi connectivity index (χ1) is 40.5. The van der Waals surface area contributed by atoms with Gasteiger partial charge in [-0.1, -0.05) is 305 Å². The third-order valence-electron chi connectivity index (χ3n) is 15.6. The number of rotatable bonds is 65. The standard InChI is InChI=1S/C76H134O6/c1-4-7-10-13-16-19-22-25-28-31-33-35-37-38-40-41-43-45-48-51-54-57-60-63-66-69-75(78)81-72-73(71-80-74(77)68-65-62-59-56-53-50-47-30-27-24-21-18-15-12-9-6-3)82-76(79)70-67-64-61-58-55-52-49-46-44-42-39-36-34-32-29-26-23-20-17-14-11-8-5-2/h21-26,30-34,39,42,47,73H,4-20,27-29,35-38,40-41,43-46,48-72H2,1-3H3/b24-21-,25-22-,26-23-,33-31-,34-32-,42-39-,47-30-. The van der Waals surface area contributed by atoms with Crippen LogP contribution in [0.3, 0.4) is 0 Å². The molecule has 0 aromatic rings. The van der Waals surface area contributed by atoms with Crippen LogP contribution in [0.2, 0.25) is 0 Å². The van der Waals surface area contributed by atoms with Crippen LogP contribution < -0.4 is 0 Å². The van der Waals surface area contributed by atoms with Gasteiger partial charge in [0.2, 0.25) is 0 Å². The summed E-state index contributed by atoms with van der Waals surface area (Å²) in [5, 5.41) is 0. The van der Waals surface area contributed by atoms with E-state index < -0.39 is 6.10 Å². The van der Waals surface area contributed by atoms with Crippen LogP contribution in [0.1, 0.15) is 361 Å². The number of carbonyl (C=O) groups excluding carboxylic acids is 3. The van der Waals surface area contributed by atoms with Crippen molar-refractivity contribution in [3.8, 4) is 0 Å². The smallest absolute Gasteiger partial charge is 0.306 e. The molecule has 0 saturated heterocycles. The number of hydrogen-bond donors (Lipinski definition) is 0. The first-order valence-corrected chi connectivity index (χ1v) is 35.6. The maximum absolute atomic E-state index is 13.0. The Bertz CT molecular complexity index is 1550. The van der Waals surface area contributed by atoms with Crippen molar-refractivity contribution in [1.29, 1.82) is 0 Å². The van der Waals surface area contributed by atoms with Gasteiger partial charge in [0, 0.05) is 19.3 Å². The summed E-state index contributed by atoms with van der Waals surface area (Å²) in [6.07, 6.45) is 93.1. The molecule has 0 aromatic heterocycles. The normalized spacial score (nSPS) is 12.6. The molecule has 0 spiro atoms. The maximum Gasteiger partial charge on any atom is 0.306 e. The van der Waals surface area contributed by atoms with Crippen LogP contribution in [-0.4, -0.2) is 37.2 Å². The van der Waals surface area contributed by atoms with Gasteiger partial charge in [0.1, 0.15) is 13.2 Å². The third-order valence-corrected chi connectivity index (χ3v) is 15.6. The van der Waals surface area contributed by atoms with Crippen molar-refractivity contribution in [1.82, 2.24) is 0 Å². The van der Waals surface area contributed by atoms with Crippen molar-refractivity contribution >= 4 is 17.9 Å². The van der Waals surface area contributed by atoms with E-state index in [0.717, 1.165) is 103 Å². The van der Waals surface area contributed by atoms with E-state index in [1.54, 1.807) is 0 Å². The van der Waals surface area contributed by atoms with Crippen LogP contribution in [0.15, 0.2) is 85.1 Å². The molecule has 0 rings (SSSR count). The Morgan fingerprint density at radius 1 is 0.244 bits per heavy atom. The molecule has 0 bridgehead atoms. The lowest BCUT2D eigenvalue weighted by molar-refractivity contribution is -0.167. The van der Waals surface area contributed by atoms with Gasteiger partial charge in [0.05, 0.1) is 0 Å². The van der Waals surface area contributed by atoms with E-state index in [2.05, 4.69) is 106 Å². The number of unbranched alkanes of at least 4 members (excludes halogenated alkanes) is 40. The second kappa shape index (κ2) is 70.1. The Morgan fingerprint density at radius 3 is 0.695 bits per heavy atom. The average molecular weight is 1140 g/mol. The molecular weight excluding hydrogens is 1010 g/mol. The molecular formula is C76H134O6. The molecule has 0 radical (unpaired) electrons. The van der Waals surface area contributed by atoms with Crippen LogP contribution in [0.5, 0.6) is 0 Å². The summed E-state index contributed by atoms with van der Waals surface area (Å²) >= 11 is 0. The molecule has 6 nitrogen and oxygen atoms in total. The van der Waals surface area contributed by atoms with Gasteiger partial charge in [-0.3, -0.25) is 14.4 Å². The lowest BCUT2D eigenvalue weighted by Crippen LogP contribution is -2.30. The minimum absolute atomic E-state index is 0.0829. The van der Waals surface area contributed by atoms with Crippen LogP contribution in [0, 0.1) is 0 Å². The van der Waals surface area contributed by atoms with Crippen molar-refractivity contribution < 1.29 is 28.6 Å². The summed E-state index contributed by atoms with van der Waals surface area (Å²) in [5.74, 6) is -0.888. The fourth-order valence-corrected chi connectivity index (χ4v) is 10.2. The Balaban J connectivity index is 4.36. The number of hydrogen-bond acceptors (Lipinski definition) is 6. The van der Waals surface area contributed by atoms with E-state index >= 15 is 0 Å². The molecule has 0 aliphatic rings. The quantitative estimate of drug-likeness (QED) is 0.0261. The highest BCUT2D eigenvalue weighted by atomic mass is 16.6. The molecule has 0 fully saturated rings. The molecule has 6 heteroatoms. The highest BCUT2D eigenvalue weighted by Gasteiger charge is 2.19. The Hall–Kier alpha value is -3.41. The van der Waals surface area contributed by atoms with Crippen LogP contribution in [-0.2, 0) is 28.6 Å². The third kappa shape index (κ3) is 67.4. The molecule has 82 heavy (non-hydrogen) atoms. The molecule has 1 atom stereocenters. The van der Waals surface area contributed by atoms with E-state index in [1.807, 2.05) is 0 Å². The highest BCUT2D eigenvalue weighted by Crippen LogP contribution is 2.17. The van der Waals surface area contributed by atoms with Gasteiger partial charge in [0.15, 0.2) is 6.10 Å². The first kappa shape index (κ1) is 78.6. The van der Waals surface area contributed by atoms with Gasteiger partial charge < -0.3 is 14.2 Å². The lowest BCUT2D eigenvalue weighted by atomic mass is 10.0. The fourth-order valence-electron chi connectivity index (χ4n) is 10.2. The van der Waals surface area contributed by atoms with Crippen molar-refractivity contribution in [2.45, 2.75) is 367 Å². The fraction of sp³-hybridized carbons (Fsp3) is 0.776. The molecule has 1 unspecified atom stereocenters. The minimum atomic E-state index is -0.789. The van der Waals surface area contributed by atoms with Crippen LogP contribution in [0.25, 0.3) is 0 Å². The maximum atomic E-state index is 13.0. The van der Waals surface area contributed by atoms with E-state index in [9.17, 15) is 14.4 Å². The first-order valence-electron chi connectivity index (χ1n) is 35.6. The van der Waals surface area contributed by atoms with Gasteiger partial charge in [-0.2, -0.15) is 0 Å². The lowest BCUT2D eigenvalue weighted by Gasteiger charge is -2.18. The zero-order valence-electron chi connectivity index (χ0n) is 54.5. The average Bonchev–Trinajstić information content (AvgIpc) is 3.48. The molecule has 0 N–H and O–H groups in total. The van der Waals surface area contributed by atoms with Crippen molar-refractivity contribution in [3.63, 3.8) is 0 Å². The zero-order valence-corrected chi connectivity index (χ0v) is 54.5. The van der Waals surface area contributed by atoms with Gasteiger partial charge in [-0.25, -0.2) is 0 Å². The minimum Gasteiger partial charge on any atom is -0.462 e. The van der Waals surface area contributed by atoms with E-state index in [4.69, 9.17) is 14.2 Å². The molecule has 474 valence electrons. The topological polar surface area (TPSA) is 78.9 Å². The largest absolute Gasteiger partial charge is 0.462 e. The summed E-state index contributed by atoms with van der Waals surface area (Å²) in [4.78, 5) is 38.5. The summed E-state index contributed by atoms with van der Waals surface area (Å²) in [6.45, 7) is 6.63. The summed E-state index contributed by atoms with van der Waals surface area (Å²) in [5.41, 5.74) is 0. The van der Waals surface area contributed by atoms with E-state index in [1.165, 1.54) is 218 Å². The predicted molar refractivity (Wildman–Crippen MR) is 358 cm³/mol. The van der Waals surface area contributed by atoms with E-state index in [0.29, 0.717) is 19.3 Å². The summed E-state index contributed by atoms with van der Waals surface area (Å²) < 4.78 is 17.0. The zero-order chi connectivity index (χ0) is 59.2. The van der Waals surface area contributed by atoms with Crippen molar-refractivity contribution in [2.75, 3.05) is 13.2 Å². The predicted octanol–water partition coefficient (Wildman–Crippen LogP) is 24.6. The molecule has 0 aromatic carbocycles. The van der Waals surface area contributed by atoms with Gasteiger partial charge in [0.25, 0.3) is 0 Å². The molecule has 0 aliphatic carbocycles. The second-order valence-electron chi connectivity index (χ2n) is 23.8. The van der Waals surface area contributed by atoms with E-state index in [-0.39, 0.29) is 31.1 Å². The van der Waals surface area contributed by atoms with Crippen molar-refractivity contribution in [2.24, 2.45) is 0 Å². The second-order valence-corrected chi connectivity index (χ2v) is 23.8. The Kier molecular flexibility index (Phi) is 67.2. The SMILES string of the molecule is CCCCCC/C=C\C/C=C\CCCCCCCC(=O)OCC(COC(=O)CCCCCCCCCCCCCCC/C=C\C/C=C\CCCCCCC)OC(=O)CCCCCCCCCC/C=C\C/C=C\C/C=C\CCCCCCC. The summed E-state index contributed by atoms with van der Waals surface area (Å²) in [7, 11) is 0.